The highest BCUT2D eigenvalue weighted by Crippen LogP contribution is 2.41. The number of alkyl halides is 2. The maximum atomic E-state index is 12.8. The van der Waals surface area contributed by atoms with Crippen molar-refractivity contribution in [3.63, 3.8) is 0 Å². The van der Waals surface area contributed by atoms with Gasteiger partial charge in [0, 0.05) is 32.0 Å². The highest BCUT2D eigenvalue weighted by Gasteiger charge is 2.44. The second-order valence-electron chi connectivity index (χ2n) is 10.7. The summed E-state index contributed by atoms with van der Waals surface area (Å²) in [4.78, 5) is 29.6. The van der Waals surface area contributed by atoms with E-state index in [1.165, 1.54) is 12.1 Å². The van der Waals surface area contributed by atoms with Gasteiger partial charge >= 0.3 is 6.61 Å². The number of piperidine rings is 1. The molecule has 2 aliphatic heterocycles. The molecule has 0 saturated carbocycles. The molecule has 2 fully saturated rings. The van der Waals surface area contributed by atoms with E-state index in [0.717, 1.165) is 56.6 Å². The van der Waals surface area contributed by atoms with Crippen LogP contribution in [-0.2, 0) is 16.1 Å². The minimum atomic E-state index is -2.85. The fraction of sp³-hybridized carbons (Fsp3) is 0.517. The Morgan fingerprint density at radius 3 is 2.35 bits per heavy atom. The van der Waals surface area contributed by atoms with Gasteiger partial charge in [-0.25, -0.2) is 0 Å². The number of hydrogen-bond donors (Lipinski definition) is 1. The number of nitrogens with one attached hydrogen (secondary N) is 1. The molecule has 0 radical (unpaired) electrons. The Bertz CT molecular complexity index is 1040. The summed E-state index contributed by atoms with van der Waals surface area (Å²) in [6.45, 7) is 4.92. The minimum absolute atomic E-state index is 0.00298. The fourth-order valence-corrected chi connectivity index (χ4v) is 5.37. The summed E-state index contributed by atoms with van der Waals surface area (Å²) in [6.07, 6.45) is 3.33. The van der Waals surface area contributed by atoms with Crippen molar-refractivity contribution in [1.29, 1.82) is 0 Å². The van der Waals surface area contributed by atoms with Crippen LogP contribution in [0.25, 0.3) is 0 Å². The molecular formula is C29H37F2N3O3. The smallest absolute Gasteiger partial charge is 0.387 e. The Hall–Kier alpha value is -3.00. The van der Waals surface area contributed by atoms with Gasteiger partial charge in [0.1, 0.15) is 5.75 Å². The van der Waals surface area contributed by atoms with Crippen LogP contribution in [0.15, 0.2) is 54.6 Å². The predicted octanol–water partition coefficient (Wildman–Crippen LogP) is 5.01. The summed E-state index contributed by atoms with van der Waals surface area (Å²) in [5, 5.41) is 3.21. The van der Waals surface area contributed by atoms with Crippen molar-refractivity contribution < 1.29 is 23.1 Å². The van der Waals surface area contributed by atoms with E-state index in [9.17, 15) is 18.4 Å². The van der Waals surface area contributed by atoms with Crippen molar-refractivity contribution in [3.8, 4) is 5.75 Å². The van der Waals surface area contributed by atoms with Crippen LogP contribution in [0.1, 0.15) is 56.7 Å². The highest BCUT2D eigenvalue weighted by atomic mass is 19.3. The van der Waals surface area contributed by atoms with Crippen molar-refractivity contribution in [3.05, 3.63) is 65.7 Å². The first-order valence-electron chi connectivity index (χ1n) is 13.1. The average molecular weight is 514 g/mol. The number of carbonyl (C=O) groups is 2. The zero-order chi connectivity index (χ0) is 26.4. The Morgan fingerprint density at radius 2 is 1.73 bits per heavy atom. The van der Waals surface area contributed by atoms with Gasteiger partial charge in [-0.15, -0.1) is 0 Å². The third-order valence-corrected chi connectivity index (χ3v) is 7.62. The molecule has 0 aliphatic carbocycles. The Kier molecular flexibility index (Phi) is 8.79. The maximum Gasteiger partial charge on any atom is 0.387 e. The lowest BCUT2D eigenvalue weighted by Crippen LogP contribution is -2.43. The number of amides is 2. The van der Waals surface area contributed by atoms with E-state index in [0.29, 0.717) is 13.0 Å². The molecule has 2 aromatic carbocycles. The van der Waals surface area contributed by atoms with Crippen LogP contribution in [0.3, 0.4) is 0 Å². The molecule has 1 spiro atoms. The molecule has 0 bridgehead atoms. The molecule has 0 unspecified atom stereocenters. The van der Waals surface area contributed by atoms with Crippen molar-refractivity contribution >= 4 is 11.8 Å². The van der Waals surface area contributed by atoms with Crippen molar-refractivity contribution in [1.82, 2.24) is 15.1 Å². The number of likely N-dealkylation sites (tertiary alicyclic amines) is 2. The molecule has 2 heterocycles. The summed E-state index contributed by atoms with van der Waals surface area (Å²) in [5.41, 5.74) is 2.02. The van der Waals surface area contributed by atoms with Gasteiger partial charge in [-0.2, -0.15) is 8.78 Å². The molecule has 6 nitrogen and oxygen atoms in total. The van der Waals surface area contributed by atoms with Crippen LogP contribution in [0.5, 0.6) is 5.75 Å². The highest BCUT2D eigenvalue weighted by molar-refractivity contribution is 5.79. The van der Waals surface area contributed by atoms with Crippen molar-refractivity contribution in [2.45, 2.75) is 58.7 Å². The van der Waals surface area contributed by atoms with Gasteiger partial charge in [-0.3, -0.25) is 9.59 Å². The number of halogens is 2. The average Bonchev–Trinajstić information content (AvgIpc) is 3.18. The van der Waals surface area contributed by atoms with E-state index in [1.807, 2.05) is 36.9 Å². The van der Waals surface area contributed by atoms with Gasteiger partial charge in [0.25, 0.3) is 0 Å². The molecule has 2 amide bonds. The summed E-state index contributed by atoms with van der Waals surface area (Å²) < 4.78 is 29.2. The summed E-state index contributed by atoms with van der Waals surface area (Å²) in [7, 11) is 0. The second kappa shape index (κ2) is 12.0. The van der Waals surface area contributed by atoms with Gasteiger partial charge in [-0.1, -0.05) is 56.3 Å². The lowest BCUT2D eigenvalue weighted by atomic mass is 9.77. The zero-order valence-corrected chi connectivity index (χ0v) is 21.7. The van der Waals surface area contributed by atoms with E-state index in [-0.39, 0.29) is 34.9 Å². The third kappa shape index (κ3) is 7.28. The lowest BCUT2D eigenvalue weighted by molar-refractivity contribution is -0.128. The van der Waals surface area contributed by atoms with Gasteiger partial charge in [0.2, 0.25) is 11.8 Å². The van der Waals surface area contributed by atoms with Gasteiger partial charge in [-0.05, 0) is 61.0 Å². The number of rotatable bonds is 10. The quantitative estimate of drug-likeness (QED) is 0.486. The molecule has 200 valence electrons. The van der Waals surface area contributed by atoms with E-state index in [1.54, 1.807) is 12.1 Å². The molecule has 37 heavy (non-hydrogen) atoms. The first-order valence-corrected chi connectivity index (χ1v) is 13.1. The Labute approximate surface area is 218 Å². The minimum Gasteiger partial charge on any atom is -0.435 e. The molecule has 2 saturated heterocycles. The first kappa shape index (κ1) is 27.0. The number of ether oxygens (including phenoxy) is 1. The van der Waals surface area contributed by atoms with Crippen molar-refractivity contribution in [2.24, 2.45) is 11.3 Å². The van der Waals surface area contributed by atoms with Crippen LogP contribution >= 0.6 is 0 Å². The Balaban J connectivity index is 1.28. The third-order valence-electron chi connectivity index (χ3n) is 7.62. The standard InChI is InChI=1S/C29H37F2N3O3/c1-21(2)27(36)32-25(23-6-4-3-5-7-23)12-15-33-16-13-29(14-17-33)18-26(35)34(20-29)19-22-8-10-24(11-9-22)37-28(30)31/h3-11,21,25,28H,12-20H2,1-2H3,(H,32,36)/t25-/m0/s1. The van der Waals surface area contributed by atoms with Crippen molar-refractivity contribution in [2.75, 3.05) is 26.2 Å². The van der Waals surface area contributed by atoms with E-state index >= 15 is 0 Å². The second-order valence-corrected chi connectivity index (χ2v) is 10.7. The number of carbonyl (C=O) groups excluding carboxylic acids is 2. The molecule has 1 atom stereocenters. The molecule has 1 N–H and O–H groups in total. The summed E-state index contributed by atoms with van der Waals surface area (Å²) in [6, 6.07) is 16.6. The normalized spacial score (nSPS) is 18.5. The van der Waals surface area contributed by atoms with Gasteiger partial charge in [0.15, 0.2) is 0 Å². The predicted molar refractivity (Wildman–Crippen MR) is 138 cm³/mol. The SMILES string of the molecule is CC(C)C(=O)N[C@@H](CCN1CCC2(CC1)CC(=O)N(Cc1ccc(OC(F)F)cc1)C2)c1ccccc1. The monoisotopic (exact) mass is 513 g/mol. The number of nitrogens with zero attached hydrogens (tertiary/aromatic N) is 2. The maximum absolute atomic E-state index is 12.8. The van der Waals surface area contributed by atoms with Crippen LogP contribution in [0.4, 0.5) is 8.78 Å². The lowest BCUT2D eigenvalue weighted by Gasteiger charge is -2.39. The van der Waals surface area contributed by atoms with Crippen LogP contribution < -0.4 is 10.1 Å². The van der Waals surface area contributed by atoms with E-state index < -0.39 is 6.61 Å². The summed E-state index contributed by atoms with van der Waals surface area (Å²) in [5.74, 6) is 0.274. The first-order chi connectivity index (χ1) is 17.7. The van der Waals surface area contributed by atoms with Crippen LogP contribution in [-0.4, -0.2) is 54.4 Å². The van der Waals surface area contributed by atoms with Crippen LogP contribution in [0, 0.1) is 11.3 Å². The molecule has 2 aromatic rings. The van der Waals surface area contributed by atoms with Gasteiger partial charge in [0.05, 0.1) is 6.04 Å². The Morgan fingerprint density at radius 1 is 1.05 bits per heavy atom. The zero-order valence-electron chi connectivity index (χ0n) is 21.7. The number of benzene rings is 2. The fourth-order valence-electron chi connectivity index (χ4n) is 5.37. The number of hydrogen-bond acceptors (Lipinski definition) is 4. The molecule has 2 aliphatic rings. The largest absolute Gasteiger partial charge is 0.435 e. The van der Waals surface area contributed by atoms with E-state index in [2.05, 4.69) is 27.1 Å². The molecule has 8 heteroatoms. The topological polar surface area (TPSA) is 61.9 Å². The van der Waals surface area contributed by atoms with Crippen LogP contribution in [0.2, 0.25) is 0 Å². The molecular weight excluding hydrogens is 476 g/mol. The van der Waals surface area contributed by atoms with E-state index in [4.69, 9.17) is 0 Å². The molecule has 4 rings (SSSR count). The molecule has 0 aromatic heterocycles. The van der Waals surface area contributed by atoms with Gasteiger partial charge < -0.3 is 19.9 Å². The summed E-state index contributed by atoms with van der Waals surface area (Å²) >= 11 is 0.